The number of rotatable bonds is 10. The smallest absolute Gasteiger partial charge is 0.238 e. The van der Waals surface area contributed by atoms with Crippen LogP contribution in [0.5, 0.6) is 0 Å². The zero-order valence-corrected chi connectivity index (χ0v) is 42.4. The van der Waals surface area contributed by atoms with Crippen molar-refractivity contribution in [3.8, 4) is 11.3 Å². The van der Waals surface area contributed by atoms with Crippen molar-refractivity contribution in [2.75, 3.05) is 60.9 Å². The van der Waals surface area contributed by atoms with Gasteiger partial charge in [-0.3, -0.25) is 29.3 Å². The van der Waals surface area contributed by atoms with E-state index < -0.39 is 5.41 Å². The second kappa shape index (κ2) is 18.9. The molecule has 3 aromatic heterocycles. The van der Waals surface area contributed by atoms with E-state index in [2.05, 4.69) is 79.9 Å². The molecule has 2 aliphatic carbocycles. The molecule has 1 aromatic carbocycles. The van der Waals surface area contributed by atoms with Crippen LogP contribution in [-0.4, -0.2) is 134 Å². The lowest BCUT2D eigenvalue weighted by molar-refractivity contribution is -0.146. The summed E-state index contributed by atoms with van der Waals surface area (Å²) in [6.07, 6.45) is 16.5. The molecular formula is C56H71N11O5. The number of hydrogen-bond donors (Lipinski definition) is 2. The molecule has 4 aromatic rings. The lowest BCUT2D eigenvalue weighted by Crippen LogP contribution is -2.58. The van der Waals surface area contributed by atoms with Crippen LogP contribution in [0, 0.1) is 11.8 Å². The zero-order chi connectivity index (χ0) is 49.4. The maximum atomic E-state index is 15.3. The Balaban J connectivity index is 0.704. The summed E-state index contributed by atoms with van der Waals surface area (Å²) in [5.41, 5.74) is 6.03. The van der Waals surface area contributed by atoms with E-state index in [4.69, 9.17) is 9.97 Å². The maximum Gasteiger partial charge on any atom is 0.238 e. The van der Waals surface area contributed by atoms with Gasteiger partial charge in [-0.05, 0) is 147 Å². The van der Waals surface area contributed by atoms with Crippen LogP contribution in [0.3, 0.4) is 0 Å². The van der Waals surface area contributed by atoms with Gasteiger partial charge in [-0.25, -0.2) is 15.0 Å². The number of nitrogens with one attached hydrogen (secondary N) is 2. The average Bonchev–Trinajstić information content (AvgIpc) is 4.05. The van der Waals surface area contributed by atoms with Gasteiger partial charge < -0.3 is 34.4 Å². The highest BCUT2D eigenvalue weighted by Gasteiger charge is 2.56. The summed E-state index contributed by atoms with van der Waals surface area (Å²) >= 11 is 0. The quantitative estimate of drug-likeness (QED) is 0.158. The van der Waals surface area contributed by atoms with Gasteiger partial charge in [0.05, 0.1) is 28.9 Å². The van der Waals surface area contributed by atoms with Crippen LogP contribution in [0.2, 0.25) is 0 Å². The summed E-state index contributed by atoms with van der Waals surface area (Å²) in [6.45, 7) is 11.8. The number of fused-ring (bicyclic) bond motifs is 3. The number of likely N-dealkylation sites (tertiary alicyclic amines) is 3. The van der Waals surface area contributed by atoms with Crippen LogP contribution >= 0.6 is 0 Å². The summed E-state index contributed by atoms with van der Waals surface area (Å²) in [4.78, 5) is 93.6. The lowest BCUT2D eigenvalue weighted by atomic mass is 9.73. The number of piperidine rings is 5. The molecule has 0 radical (unpaired) electrons. The van der Waals surface area contributed by atoms with Crippen molar-refractivity contribution >= 4 is 57.9 Å². The zero-order valence-electron chi connectivity index (χ0n) is 42.4. The highest BCUT2D eigenvalue weighted by molar-refractivity contribution is 6.09. The van der Waals surface area contributed by atoms with E-state index in [9.17, 15) is 19.2 Å². The minimum Gasteiger partial charge on any atom is -0.366 e. The fraction of sp³-hybridized carbons (Fsp3) is 0.607. The minimum absolute atomic E-state index is 0.0418. The van der Waals surface area contributed by atoms with Crippen LogP contribution in [0.15, 0.2) is 48.9 Å². The molecule has 3 atom stereocenters. The Bertz CT molecular complexity index is 2760. The molecule has 0 unspecified atom stereocenters. The molecule has 16 heteroatoms. The van der Waals surface area contributed by atoms with Crippen molar-refractivity contribution in [2.45, 2.75) is 159 Å². The Morgan fingerprint density at radius 3 is 2.25 bits per heavy atom. The number of anilines is 3. The van der Waals surface area contributed by atoms with E-state index in [-0.39, 0.29) is 65.4 Å². The first-order chi connectivity index (χ1) is 34.9. The van der Waals surface area contributed by atoms with Gasteiger partial charge in [0.2, 0.25) is 29.5 Å². The summed E-state index contributed by atoms with van der Waals surface area (Å²) < 4.78 is 2.20. The van der Waals surface area contributed by atoms with E-state index in [1.165, 1.54) is 19.3 Å². The molecular weight excluding hydrogens is 907 g/mol. The maximum absolute atomic E-state index is 15.3. The Hall–Kier alpha value is -5.90. The molecule has 2 saturated carbocycles. The molecule has 1 spiro atoms. The van der Waals surface area contributed by atoms with Crippen molar-refractivity contribution in [1.82, 2.24) is 39.5 Å². The first kappa shape index (κ1) is 47.1. The normalized spacial score (nSPS) is 27.1. The highest BCUT2D eigenvalue weighted by Crippen LogP contribution is 2.52. The molecule has 380 valence electrons. The van der Waals surface area contributed by atoms with Crippen molar-refractivity contribution < 1.29 is 24.0 Å². The van der Waals surface area contributed by atoms with Crippen LogP contribution < -0.4 is 20.4 Å². The van der Waals surface area contributed by atoms with Gasteiger partial charge in [-0.15, -0.1) is 0 Å². The molecule has 8 aliphatic rings. The number of nitrogens with zero attached hydrogens (tertiary/aromatic N) is 9. The predicted octanol–water partition coefficient (Wildman–Crippen LogP) is 6.94. The summed E-state index contributed by atoms with van der Waals surface area (Å²) in [7, 11) is 0. The number of imide groups is 1. The molecule has 9 heterocycles. The fourth-order valence-electron chi connectivity index (χ4n) is 13.6. The Kier molecular flexibility index (Phi) is 12.3. The third-order valence-corrected chi connectivity index (χ3v) is 18.1. The first-order valence-electron chi connectivity index (χ1n) is 27.4. The number of imidazole rings is 1. The van der Waals surface area contributed by atoms with Crippen molar-refractivity contribution in [3.63, 3.8) is 0 Å². The van der Waals surface area contributed by atoms with Crippen molar-refractivity contribution in [1.29, 1.82) is 0 Å². The van der Waals surface area contributed by atoms with Crippen LogP contribution in [0.4, 0.5) is 17.3 Å². The van der Waals surface area contributed by atoms with Crippen molar-refractivity contribution in [3.05, 3.63) is 60.0 Å². The van der Waals surface area contributed by atoms with Gasteiger partial charge in [0, 0.05) is 98.6 Å². The summed E-state index contributed by atoms with van der Waals surface area (Å²) in [5, 5.41) is 6.14. The minimum atomic E-state index is -0.680. The largest absolute Gasteiger partial charge is 0.366 e. The molecule has 12 rings (SSSR count). The fourth-order valence-corrected chi connectivity index (χ4v) is 13.6. The number of amides is 5. The van der Waals surface area contributed by atoms with Crippen LogP contribution in [0.25, 0.3) is 22.3 Å². The van der Waals surface area contributed by atoms with E-state index in [0.717, 1.165) is 102 Å². The Labute approximate surface area is 422 Å². The van der Waals surface area contributed by atoms with E-state index >= 15 is 4.79 Å². The van der Waals surface area contributed by atoms with Crippen LogP contribution in [0.1, 0.15) is 140 Å². The standard InChI is InChI=1S/C56H71N11O5/c1-34(2)66-33-58-46-31-45(60-51(50(46)66)59-40-9-10-40)37-7-12-44-47(28-37)67(42-29-41(30-42)62-20-5-4-6-21-62)55(72)56(44)18-25-64(26-19-56)53(70)38-17-24-65(35(3)27-38)54(71)36-15-22-63(23-16-36)48-13-8-39(32-57-48)43-11-14-49(68)61-52(43)69/h7-8,12-13,28,31-36,38,40-43H,4-6,9-11,14-27,29-30H2,1-3H3,(H,59,60)(H,61,68,69)/t35-,38-,41?,42?,43-/m1/s1. The van der Waals surface area contributed by atoms with E-state index in [1.807, 2.05) is 28.3 Å². The number of aromatic nitrogens is 4. The van der Waals surface area contributed by atoms with E-state index in [1.54, 1.807) is 6.20 Å². The molecule has 16 nitrogen and oxygen atoms in total. The van der Waals surface area contributed by atoms with Gasteiger partial charge >= 0.3 is 0 Å². The SMILES string of the molecule is CC(C)n1cnc2cc(-c3ccc4c(c3)N(C3CC(N5CCCCC5)C3)C(=O)C43CCN(C(=O)[C@@H]4CCN(C(=O)C5CCN(c6ccc([C@H]7CCC(=O)NC7=O)cn6)CC5)[C@H](C)C4)CC3)nc(NC3CC3)c21. The third-order valence-electron chi connectivity index (χ3n) is 18.1. The second-order valence-electron chi connectivity index (χ2n) is 22.9. The number of benzene rings is 1. The number of carbonyl (C=O) groups excluding carboxylic acids is 5. The molecule has 72 heavy (non-hydrogen) atoms. The molecule has 7 fully saturated rings. The van der Waals surface area contributed by atoms with Gasteiger partial charge in [0.1, 0.15) is 11.3 Å². The molecule has 5 amide bonds. The number of carbonyl (C=O) groups is 5. The van der Waals surface area contributed by atoms with Gasteiger partial charge in [-0.2, -0.15) is 0 Å². The second-order valence-corrected chi connectivity index (χ2v) is 22.9. The van der Waals surface area contributed by atoms with Gasteiger partial charge in [0.15, 0.2) is 5.82 Å². The Morgan fingerprint density at radius 1 is 0.792 bits per heavy atom. The molecule has 2 N–H and O–H groups in total. The van der Waals surface area contributed by atoms with Gasteiger partial charge in [0.25, 0.3) is 0 Å². The highest BCUT2D eigenvalue weighted by atomic mass is 16.2. The molecule has 5 saturated heterocycles. The summed E-state index contributed by atoms with van der Waals surface area (Å²) in [6, 6.07) is 13.8. The van der Waals surface area contributed by atoms with Crippen molar-refractivity contribution in [2.24, 2.45) is 11.8 Å². The average molecular weight is 978 g/mol. The number of hydrogen-bond acceptors (Lipinski definition) is 11. The topological polar surface area (TPSA) is 169 Å². The monoisotopic (exact) mass is 978 g/mol. The van der Waals surface area contributed by atoms with E-state index in [0.29, 0.717) is 83.3 Å². The predicted molar refractivity (Wildman–Crippen MR) is 275 cm³/mol. The lowest BCUT2D eigenvalue weighted by Gasteiger charge is -2.48. The molecule has 0 bridgehead atoms. The number of pyridine rings is 2. The Morgan fingerprint density at radius 2 is 1.56 bits per heavy atom. The first-order valence-corrected chi connectivity index (χ1v) is 27.4. The molecule has 6 aliphatic heterocycles. The summed E-state index contributed by atoms with van der Waals surface area (Å²) in [5.74, 6) is 1.15. The van der Waals surface area contributed by atoms with Crippen LogP contribution in [-0.2, 0) is 29.4 Å². The van der Waals surface area contributed by atoms with Gasteiger partial charge in [-0.1, -0.05) is 24.6 Å². The third kappa shape index (κ3) is 8.52.